The van der Waals surface area contributed by atoms with Crippen LogP contribution in [0.4, 0.5) is 5.69 Å². The van der Waals surface area contributed by atoms with E-state index in [1.165, 1.54) is 0 Å². The number of halogens is 2. The smallest absolute Gasteiger partial charge is 0.228 e. The van der Waals surface area contributed by atoms with Crippen molar-refractivity contribution in [3.63, 3.8) is 0 Å². The van der Waals surface area contributed by atoms with Crippen LogP contribution in [-0.4, -0.2) is 18.4 Å². The van der Waals surface area contributed by atoms with E-state index in [-0.39, 0.29) is 23.7 Å². The number of rotatable bonds is 5. The molecule has 21 heavy (non-hydrogen) atoms. The van der Waals surface area contributed by atoms with Crippen LogP contribution in [-0.2, 0) is 9.59 Å². The maximum Gasteiger partial charge on any atom is 0.228 e. The van der Waals surface area contributed by atoms with Gasteiger partial charge in [0.15, 0.2) is 0 Å². The Bertz CT molecular complexity index is 561. The highest BCUT2D eigenvalue weighted by Crippen LogP contribution is 2.40. The largest absolute Gasteiger partial charge is 0.356 e. The molecule has 1 aromatic rings. The summed E-state index contributed by atoms with van der Waals surface area (Å²) >= 11 is 11.8. The fraction of sp³-hybridized carbons (Fsp3) is 0.467. The normalized spacial score (nSPS) is 20.2. The average Bonchev–Trinajstić information content (AvgIpc) is 3.19. The van der Waals surface area contributed by atoms with Gasteiger partial charge in [-0.25, -0.2) is 0 Å². The summed E-state index contributed by atoms with van der Waals surface area (Å²) < 4.78 is 0. The van der Waals surface area contributed by atoms with E-state index in [9.17, 15) is 9.59 Å². The van der Waals surface area contributed by atoms with Gasteiger partial charge in [0, 0.05) is 11.6 Å². The fourth-order valence-corrected chi connectivity index (χ4v) is 2.48. The molecule has 2 amide bonds. The molecule has 2 unspecified atom stereocenters. The van der Waals surface area contributed by atoms with Gasteiger partial charge in [0.05, 0.1) is 22.5 Å². The summed E-state index contributed by atoms with van der Waals surface area (Å²) in [6.07, 6.45) is 0.584. The van der Waals surface area contributed by atoms with E-state index in [1.807, 2.05) is 13.8 Å². The monoisotopic (exact) mass is 328 g/mol. The van der Waals surface area contributed by atoms with E-state index < -0.39 is 0 Å². The lowest BCUT2D eigenvalue weighted by molar-refractivity contribution is -0.125. The molecular weight excluding hydrogens is 311 g/mol. The quantitative estimate of drug-likeness (QED) is 0.870. The van der Waals surface area contributed by atoms with Gasteiger partial charge in [-0.15, -0.1) is 0 Å². The molecule has 1 fully saturated rings. The van der Waals surface area contributed by atoms with Crippen LogP contribution in [0.2, 0.25) is 10.0 Å². The Morgan fingerprint density at radius 1 is 1.24 bits per heavy atom. The van der Waals surface area contributed by atoms with Crippen LogP contribution < -0.4 is 10.6 Å². The molecule has 4 nitrogen and oxygen atoms in total. The zero-order chi connectivity index (χ0) is 15.6. The van der Waals surface area contributed by atoms with Crippen molar-refractivity contribution in [3.05, 3.63) is 28.2 Å². The second kappa shape index (κ2) is 6.67. The van der Waals surface area contributed by atoms with Gasteiger partial charge in [0.25, 0.3) is 0 Å². The Hall–Kier alpha value is -1.26. The lowest BCUT2D eigenvalue weighted by atomic mass is 10.2. The van der Waals surface area contributed by atoms with Crippen LogP contribution in [0.15, 0.2) is 18.2 Å². The van der Waals surface area contributed by atoms with Crippen LogP contribution in [0.3, 0.4) is 0 Å². The SMILES string of the molecule is CC(C)CNC(=O)C1CC1C(=O)Nc1ccc(Cl)cc1Cl. The molecular formula is C15H18Cl2N2O2. The Kier molecular flexibility index (Phi) is 5.12. The maximum atomic E-state index is 12.1. The number of anilines is 1. The average molecular weight is 329 g/mol. The van der Waals surface area contributed by atoms with Crippen molar-refractivity contribution in [2.45, 2.75) is 20.3 Å². The minimum atomic E-state index is -0.274. The van der Waals surface area contributed by atoms with Crippen LogP contribution >= 0.6 is 23.2 Å². The lowest BCUT2D eigenvalue weighted by Crippen LogP contribution is -2.30. The summed E-state index contributed by atoms with van der Waals surface area (Å²) in [5.41, 5.74) is 0.513. The second-order valence-electron chi connectivity index (χ2n) is 5.70. The summed E-state index contributed by atoms with van der Waals surface area (Å²) in [5, 5.41) is 6.48. The molecule has 0 spiro atoms. The molecule has 2 rings (SSSR count). The molecule has 0 saturated heterocycles. The summed E-state index contributed by atoms with van der Waals surface area (Å²) in [6.45, 7) is 4.69. The van der Waals surface area contributed by atoms with Crippen LogP contribution in [0.25, 0.3) is 0 Å². The summed E-state index contributed by atoms with van der Waals surface area (Å²) in [4.78, 5) is 23.9. The highest BCUT2D eigenvalue weighted by Gasteiger charge is 2.48. The fourth-order valence-electron chi connectivity index (χ4n) is 2.03. The molecule has 1 aliphatic rings. The predicted octanol–water partition coefficient (Wildman–Crippen LogP) is 3.34. The summed E-state index contributed by atoms with van der Waals surface area (Å²) in [7, 11) is 0. The Morgan fingerprint density at radius 2 is 1.90 bits per heavy atom. The number of amides is 2. The van der Waals surface area contributed by atoms with Gasteiger partial charge in [-0.3, -0.25) is 9.59 Å². The van der Waals surface area contributed by atoms with Crippen molar-refractivity contribution >= 4 is 40.7 Å². The van der Waals surface area contributed by atoms with Gasteiger partial charge in [-0.2, -0.15) is 0 Å². The number of benzene rings is 1. The van der Waals surface area contributed by atoms with E-state index in [4.69, 9.17) is 23.2 Å². The first-order valence-electron chi connectivity index (χ1n) is 6.92. The van der Waals surface area contributed by atoms with E-state index >= 15 is 0 Å². The van der Waals surface area contributed by atoms with Gasteiger partial charge in [-0.1, -0.05) is 37.0 Å². The van der Waals surface area contributed by atoms with E-state index in [2.05, 4.69) is 10.6 Å². The molecule has 0 bridgehead atoms. The molecule has 0 radical (unpaired) electrons. The zero-order valence-corrected chi connectivity index (χ0v) is 13.5. The Balaban J connectivity index is 1.87. The standard InChI is InChI=1S/C15H18Cl2N2O2/c1-8(2)7-18-14(20)10-6-11(10)15(21)19-13-4-3-9(16)5-12(13)17/h3-5,8,10-11H,6-7H2,1-2H3,(H,18,20)(H,19,21). The van der Waals surface area contributed by atoms with Crippen LogP contribution in [0, 0.1) is 17.8 Å². The first kappa shape index (κ1) is 16.1. The number of hydrogen-bond donors (Lipinski definition) is 2. The third-order valence-electron chi connectivity index (χ3n) is 3.34. The van der Waals surface area contributed by atoms with E-state index in [1.54, 1.807) is 18.2 Å². The molecule has 0 aromatic heterocycles. The van der Waals surface area contributed by atoms with Gasteiger partial charge in [-0.05, 0) is 30.5 Å². The minimum Gasteiger partial charge on any atom is -0.356 e. The molecule has 1 aliphatic carbocycles. The van der Waals surface area contributed by atoms with Gasteiger partial charge >= 0.3 is 0 Å². The minimum absolute atomic E-state index is 0.0500. The zero-order valence-electron chi connectivity index (χ0n) is 12.0. The lowest BCUT2D eigenvalue weighted by Gasteiger charge is -2.08. The topological polar surface area (TPSA) is 58.2 Å². The van der Waals surface area contributed by atoms with Gasteiger partial charge in [0.2, 0.25) is 11.8 Å². The van der Waals surface area contributed by atoms with Crippen LogP contribution in [0.5, 0.6) is 0 Å². The molecule has 0 heterocycles. The van der Waals surface area contributed by atoms with Crippen molar-refractivity contribution in [1.29, 1.82) is 0 Å². The molecule has 2 atom stereocenters. The number of nitrogens with one attached hydrogen (secondary N) is 2. The van der Waals surface area contributed by atoms with Crippen molar-refractivity contribution in [2.24, 2.45) is 17.8 Å². The third kappa shape index (κ3) is 4.35. The van der Waals surface area contributed by atoms with Crippen molar-refractivity contribution in [3.8, 4) is 0 Å². The van der Waals surface area contributed by atoms with Gasteiger partial charge < -0.3 is 10.6 Å². The van der Waals surface area contributed by atoms with E-state index in [0.29, 0.717) is 34.6 Å². The summed E-state index contributed by atoms with van der Waals surface area (Å²) in [6, 6.07) is 4.88. The van der Waals surface area contributed by atoms with Gasteiger partial charge in [0.1, 0.15) is 0 Å². The predicted molar refractivity (Wildman–Crippen MR) is 84.5 cm³/mol. The molecule has 0 aliphatic heterocycles. The van der Waals surface area contributed by atoms with Crippen LogP contribution in [0.1, 0.15) is 20.3 Å². The second-order valence-corrected chi connectivity index (χ2v) is 6.54. The first-order valence-corrected chi connectivity index (χ1v) is 7.67. The molecule has 1 saturated carbocycles. The molecule has 2 N–H and O–H groups in total. The van der Waals surface area contributed by atoms with Crippen molar-refractivity contribution < 1.29 is 9.59 Å². The van der Waals surface area contributed by atoms with E-state index in [0.717, 1.165) is 0 Å². The molecule has 6 heteroatoms. The highest BCUT2D eigenvalue weighted by molar-refractivity contribution is 6.36. The number of hydrogen-bond acceptors (Lipinski definition) is 2. The molecule has 1 aromatic carbocycles. The summed E-state index contributed by atoms with van der Waals surface area (Å²) in [5.74, 6) is -0.332. The Labute approximate surface area is 134 Å². The number of carbonyl (C=O) groups excluding carboxylic acids is 2. The number of carbonyl (C=O) groups is 2. The van der Waals surface area contributed by atoms with Crippen molar-refractivity contribution in [2.75, 3.05) is 11.9 Å². The first-order chi connectivity index (χ1) is 9.88. The van der Waals surface area contributed by atoms with Crippen molar-refractivity contribution in [1.82, 2.24) is 5.32 Å². The highest BCUT2D eigenvalue weighted by atomic mass is 35.5. The third-order valence-corrected chi connectivity index (χ3v) is 3.89. The molecule has 114 valence electrons. The maximum absolute atomic E-state index is 12.1. The Morgan fingerprint density at radius 3 is 2.52 bits per heavy atom.